The minimum Gasteiger partial charge on any atom is -0.319 e. The van der Waals surface area contributed by atoms with Gasteiger partial charge < -0.3 is 10.2 Å². The van der Waals surface area contributed by atoms with Crippen LogP contribution in [0.4, 0.5) is 0 Å². The Kier molecular flexibility index (Phi) is 4.87. The lowest BCUT2D eigenvalue weighted by Gasteiger charge is -2.41. The van der Waals surface area contributed by atoms with Crippen LogP contribution in [0.3, 0.4) is 0 Å². The lowest BCUT2D eigenvalue weighted by atomic mass is 9.73. The van der Waals surface area contributed by atoms with Gasteiger partial charge in [-0.3, -0.25) is 0 Å². The third-order valence-electron chi connectivity index (χ3n) is 4.69. The number of rotatable bonds is 7. The van der Waals surface area contributed by atoms with E-state index >= 15 is 0 Å². The maximum Gasteiger partial charge on any atom is 0.00501 e. The molecule has 2 nitrogen and oxygen atoms in total. The van der Waals surface area contributed by atoms with Crippen molar-refractivity contribution in [1.29, 1.82) is 0 Å². The SMILES string of the molecule is CCN(CC1CC1)CC1(CNC)CCCCC1. The molecular formula is C15H30N2. The lowest BCUT2D eigenvalue weighted by Crippen LogP contribution is -2.45. The van der Waals surface area contributed by atoms with Crippen LogP contribution in [-0.2, 0) is 0 Å². The van der Waals surface area contributed by atoms with E-state index in [0.717, 1.165) is 5.92 Å². The number of nitrogens with zero attached hydrogens (tertiary/aromatic N) is 1. The monoisotopic (exact) mass is 238 g/mol. The molecule has 2 fully saturated rings. The summed E-state index contributed by atoms with van der Waals surface area (Å²) in [4.78, 5) is 2.72. The van der Waals surface area contributed by atoms with E-state index in [1.807, 2.05) is 0 Å². The van der Waals surface area contributed by atoms with Crippen molar-refractivity contribution < 1.29 is 0 Å². The van der Waals surface area contributed by atoms with Gasteiger partial charge in [-0.05, 0) is 50.6 Å². The summed E-state index contributed by atoms with van der Waals surface area (Å²) in [5.74, 6) is 1.03. The Morgan fingerprint density at radius 3 is 2.41 bits per heavy atom. The molecule has 0 heterocycles. The molecule has 0 aromatic heterocycles. The maximum atomic E-state index is 3.45. The number of hydrogen-bond acceptors (Lipinski definition) is 2. The normalized spacial score (nSPS) is 24.2. The third-order valence-corrected chi connectivity index (χ3v) is 4.69. The van der Waals surface area contributed by atoms with Gasteiger partial charge in [0.2, 0.25) is 0 Å². The van der Waals surface area contributed by atoms with Gasteiger partial charge in [0.25, 0.3) is 0 Å². The molecule has 2 saturated carbocycles. The van der Waals surface area contributed by atoms with Crippen molar-refractivity contribution in [3.05, 3.63) is 0 Å². The van der Waals surface area contributed by atoms with E-state index in [-0.39, 0.29) is 0 Å². The predicted octanol–water partition coefficient (Wildman–Crippen LogP) is 2.89. The summed E-state index contributed by atoms with van der Waals surface area (Å²) in [5, 5.41) is 3.45. The highest BCUT2D eigenvalue weighted by atomic mass is 15.1. The Labute approximate surface area is 107 Å². The fourth-order valence-electron chi connectivity index (χ4n) is 3.51. The average Bonchev–Trinajstić information content (AvgIpc) is 3.14. The predicted molar refractivity (Wildman–Crippen MR) is 74.3 cm³/mol. The summed E-state index contributed by atoms with van der Waals surface area (Å²) in [6.45, 7) is 7.48. The molecule has 1 N–H and O–H groups in total. The molecule has 0 radical (unpaired) electrons. The third kappa shape index (κ3) is 3.96. The fraction of sp³-hybridized carbons (Fsp3) is 1.00. The molecule has 0 aromatic rings. The van der Waals surface area contributed by atoms with Gasteiger partial charge in [-0.15, -0.1) is 0 Å². The molecule has 100 valence electrons. The van der Waals surface area contributed by atoms with Crippen LogP contribution in [-0.4, -0.2) is 38.1 Å². The Balaban J connectivity index is 1.89. The van der Waals surface area contributed by atoms with Crippen molar-refractivity contribution in [2.24, 2.45) is 11.3 Å². The second-order valence-electron chi connectivity index (χ2n) is 6.36. The maximum absolute atomic E-state index is 3.45. The van der Waals surface area contributed by atoms with Crippen molar-refractivity contribution in [2.75, 3.05) is 33.2 Å². The van der Waals surface area contributed by atoms with Crippen LogP contribution in [0.15, 0.2) is 0 Å². The van der Waals surface area contributed by atoms with Crippen molar-refractivity contribution >= 4 is 0 Å². The van der Waals surface area contributed by atoms with Gasteiger partial charge in [-0.2, -0.15) is 0 Å². The van der Waals surface area contributed by atoms with Gasteiger partial charge in [0, 0.05) is 19.6 Å². The topological polar surface area (TPSA) is 15.3 Å². The van der Waals surface area contributed by atoms with E-state index < -0.39 is 0 Å². The Bertz CT molecular complexity index is 211. The van der Waals surface area contributed by atoms with Gasteiger partial charge >= 0.3 is 0 Å². The van der Waals surface area contributed by atoms with Crippen LogP contribution in [0.1, 0.15) is 51.9 Å². The second-order valence-corrected chi connectivity index (χ2v) is 6.36. The van der Waals surface area contributed by atoms with Gasteiger partial charge in [-0.1, -0.05) is 26.2 Å². The molecule has 0 aromatic carbocycles. The van der Waals surface area contributed by atoms with E-state index in [1.165, 1.54) is 71.1 Å². The van der Waals surface area contributed by atoms with Gasteiger partial charge in [0.05, 0.1) is 0 Å². The molecule has 0 amide bonds. The first kappa shape index (κ1) is 13.4. The molecule has 0 saturated heterocycles. The van der Waals surface area contributed by atoms with E-state index in [2.05, 4.69) is 24.2 Å². The molecule has 0 bridgehead atoms. The van der Waals surface area contributed by atoms with Crippen LogP contribution >= 0.6 is 0 Å². The van der Waals surface area contributed by atoms with E-state index in [4.69, 9.17) is 0 Å². The van der Waals surface area contributed by atoms with E-state index in [1.54, 1.807) is 0 Å². The standard InChI is InChI=1S/C15H30N2/c1-3-17(11-14-7-8-14)13-15(12-16-2)9-5-4-6-10-15/h14,16H,3-13H2,1-2H3. The largest absolute Gasteiger partial charge is 0.319 e. The molecule has 0 atom stereocenters. The second kappa shape index (κ2) is 6.19. The minimum absolute atomic E-state index is 0.581. The summed E-state index contributed by atoms with van der Waals surface area (Å²) in [6, 6.07) is 0. The zero-order valence-corrected chi connectivity index (χ0v) is 11.8. The lowest BCUT2D eigenvalue weighted by molar-refractivity contribution is 0.104. The fourth-order valence-corrected chi connectivity index (χ4v) is 3.51. The molecule has 0 aliphatic heterocycles. The van der Waals surface area contributed by atoms with Crippen molar-refractivity contribution in [3.63, 3.8) is 0 Å². The van der Waals surface area contributed by atoms with Crippen molar-refractivity contribution in [1.82, 2.24) is 10.2 Å². The van der Waals surface area contributed by atoms with Crippen molar-refractivity contribution in [3.8, 4) is 0 Å². The summed E-state index contributed by atoms with van der Waals surface area (Å²) >= 11 is 0. The summed E-state index contributed by atoms with van der Waals surface area (Å²) < 4.78 is 0. The zero-order valence-electron chi connectivity index (χ0n) is 11.8. The van der Waals surface area contributed by atoms with Crippen LogP contribution in [0, 0.1) is 11.3 Å². The molecular weight excluding hydrogens is 208 g/mol. The average molecular weight is 238 g/mol. The van der Waals surface area contributed by atoms with Crippen molar-refractivity contribution in [2.45, 2.75) is 51.9 Å². The molecule has 2 heteroatoms. The first-order valence-electron chi connectivity index (χ1n) is 7.65. The number of nitrogens with one attached hydrogen (secondary N) is 1. The molecule has 0 unspecified atom stereocenters. The minimum atomic E-state index is 0.581. The van der Waals surface area contributed by atoms with Gasteiger partial charge in [0.1, 0.15) is 0 Å². The molecule has 2 aliphatic rings. The highest BCUT2D eigenvalue weighted by Gasteiger charge is 2.34. The van der Waals surface area contributed by atoms with Crippen LogP contribution in [0.25, 0.3) is 0 Å². The number of hydrogen-bond donors (Lipinski definition) is 1. The summed E-state index contributed by atoms with van der Waals surface area (Å²) in [7, 11) is 2.12. The van der Waals surface area contributed by atoms with Crippen LogP contribution in [0.5, 0.6) is 0 Å². The van der Waals surface area contributed by atoms with E-state index in [9.17, 15) is 0 Å². The summed E-state index contributed by atoms with van der Waals surface area (Å²) in [6.07, 6.45) is 10.2. The highest BCUT2D eigenvalue weighted by Crippen LogP contribution is 2.38. The first-order valence-corrected chi connectivity index (χ1v) is 7.65. The van der Waals surface area contributed by atoms with Gasteiger partial charge in [0.15, 0.2) is 0 Å². The Hall–Kier alpha value is -0.0800. The van der Waals surface area contributed by atoms with Crippen LogP contribution < -0.4 is 5.32 Å². The molecule has 2 rings (SSSR count). The smallest absolute Gasteiger partial charge is 0.00501 e. The zero-order chi connectivity index (χ0) is 12.1. The van der Waals surface area contributed by atoms with E-state index in [0.29, 0.717) is 5.41 Å². The summed E-state index contributed by atoms with van der Waals surface area (Å²) in [5.41, 5.74) is 0.581. The molecule has 2 aliphatic carbocycles. The molecule has 0 spiro atoms. The molecule has 17 heavy (non-hydrogen) atoms. The van der Waals surface area contributed by atoms with Crippen LogP contribution in [0.2, 0.25) is 0 Å². The Morgan fingerprint density at radius 2 is 1.88 bits per heavy atom. The quantitative estimate of drug-likeness (QED) is 0.733. The Morgan fingerprint density at radius 1 is 1.18 bits per heavy atom. The van der Waals surface area contributed by atoms with Gasteiger partial charge in [-0.25, -0.2) is 0 Å². The first-order chi connectivity index (χ1) is 8.28. The highest BCUT2D eigenvalue weighted by molar-refractivity contribution is 4.88.